The highest BCUT2D eigenvalue weighted by molar-refractivity contribution is 7.92. The van der Waals surface area contributed by atoms with Crippen molar-refractivity contribution in [1.29, 1.82) is 0 Å². The van der Waals surface area contributed by atoms with Gasteiger partial charge in [-0.1, -0.05) is 18.2 Å². The SMILES string of the molecule is CS(=O)(=O)Nc1ccc(-c2cnc(CCc3cccc4c3CCO4)n3cnnc23)cc1F. The zero-order valence-electron chi connectivity index (χ0n) is 17.2. The van der Waals surface area contributed by atoms with Gasteiger partial charge in [-0.15, -0.1) is 10.2 Å². The molecule has 3 heterocycles. The molecule has 0 bridgehead atoms. The molecule has 4 aromatic rings. The Morgan fingerprint density at radius 1 is 1.22 bits per heavy atom. The Labute approximate surface area is 184 Å². The Kier molecular flexibility index (Phi) is 5.01. The fraction of sp³-hybridized carbons (Fsp3) is 0.227. The molecular weight excluding hydrogens is 433 g/mol. The van der Waals surface area contributed by atoms with E-state index in [4.69, 9.17) is 4.74 Å². The average molecular weight is 453 g/mol. The molecule has 0 amide bonds. The summed E-state index contributed by atoms with van der Waals surface area (Å²) in [4.78, 5) is 4.59. The Bertz CT molecular complexity index is 1440. The van der Waals surface area contributed by atoms with Gasteiger partial charge in [0, 0.05) is 30.2 Å². The highest BCUT2D eigenvalue weighted by Crippen LogP contribution is 2.30. The molecule has 0 unspecified atom stereocenters. The number of benzene rings is 2. The van der Waals surface area contributed by atoms with Crippen LogP contribution in [0.25, 0.3) is 16.8 Å². The summed E-state index contributed by atoms with van der Waals surface area (Å²) in [6.07, 6.45) is 6.60. The monoisotopic (exact) mass is 453 g/mol. The maximum atomic E-state index is 14.5. The second kappa shape index (κ2) is 7.86. The van der Waals surface area contributed by atoms with Crippen molar-refractivity contribution in [2.24, 2.45) is 0 Å². The fourth-order valence-corrected chi connectivity index (χ4v) is 4.56. The molecule has 5 rings (SSSR count). The molecule has 0 atom stereocenters. The summed E-state index contributed by atoms with van der Waals surface area (Å²) < 4.78 is 46.9. The van der Waals surface area contributed by atoms with Gasteiger partial charge < -0.3 is 4.74 Å². The quantitative estimate of drug-likeness (QED) is 0.482. The van der Waals surface area contributed by atoms with E-state index in [0.717, 1.165) is 30.7 Å². The summed E-state index contributed by atoms with van der Waals surface area (Å²) in [6.45, 7) is 0.712. The number of nitrogens with zero attached hydrogens (tertiary/aromatic N) is 4. The number of nitrogens with one attached hydrogen (secondary N) is 1. The lowest BCUT2D eigenvalue weighted by atomic mass is 10.0. The minimum absolute atomic E-state index is 0.113. The van der Waals surface area contributed by atoms with E-state index in [1.165, 1.54) is 23.3 Å². The van der Waals surface area contributed by atoms with Crippen LogP contribution in [0.5, 0.6) is 5.75 Å². The Morgan fingerprint density at radius 2 is 2.09 bits per heavy atom. The van der Waals surface area contributed by atoms with E-state index in [0.29, 0.717) is 29.8 Å². The van der Waals surface area contributed by atoms with Gasteiger partial charge in [-0.3, -0.25) is 9.12 Å². The highest BCUT2D eigenvalue weighted by Gasteiger charge is 2.17. The number of hydrogen-bond donors (Lipinski definition) is 1. The second-order valence-corrected chi connectivity index (χ2v) is 9.42. The summed E-state index contributed by atoms with van der Waals surface area (Å²) in [5.41, 5.74) is 4.06. The summed E-state index contributed by atoms with van der Waals surface area (Å²) in [5, 5.41) is 8.22. The molecule has 164 valence electrons. The lowest BCUT2D eigenvalue weighted by Gasteiger charge is -2.11. The number of sulfonamides is 1. The third-order valence-corrected chi connectivity index (χ3v) is 6.03. The van der Waals surface area contributed by atoms with Crippen LogP contribution >= 0.6 is 0 Å². The van der Waals surface area contributed by atoms with Gasteiger partial charge in [-0.2, -0.15) is 0 Å². The molecule has 2 aromatic heterocycles. The zero-order chi connectivity index (χ0) is 22.3. The molecule has 1 aliphatic rings. The van der Waals surface area contributed by atoms with Crippen molar-refractivity contribution in [1.82, 2.24) is 19.6 Å². The van der Waals surface area contributed by atoms with Crippen LogP contribution in [-0.2, 0) is 29.3 Å². The maximum absolute atomic E-state index is 14.5. The maximum Gasteiger partial charge on any atom is 0.229 e. The number of ether oxygens (including phenoxy) is 1. The van der Waals surface area contributed by atoms with E-state index >= 15 is 0 Å². The van der Waals surface area contributed by atoms with Crippen LogP contribution in [0.4, 0.5) is 10.1 Å². The lowest BCUT2D eigenvalue weighted by molar-refractivity contribution is 0.357. The molecule has 0 radical (unpaired) electrons. The van der Waals surface area contributed by atoms with Gasteiger partial charge >= 0.3 is 0 Å². The van der Waals surface area contributed by atoms with E-state index in [-0.39, 0.29) is 5.69 Å². The second-order valence-electron chi connectivity index (χ2n) is 7.67. The van der Waals surface area contributed by atoms with Gasteiger partial charge in [0.25, 0.3) is 0 Å². The van der Waals surface area contributed by atoms with Gasteiger partial charge in [0.1, 0.15) is 23.7 Å². The first-order valence-corrected chi connectivity index (χ1v) is 12.0. The van der Waals surface area contributed by atoms with E-state index in [9.17, 15) is 12.8 Å². The number of fused-ring (bicyclic) bond motifs is 2. The predicted molar refractivity (Wildman–Crippen MR) is 118 cm³/mol. The van der Waals surface area contributed by atoms with Gasteiger partial charge in [-0.25, -0.2) is 17.8 Å². The molecule has 0 saturated carbocycles. The standard InChI is InChI=1S/C22H20FN5O3S/c1-32(29,30)27-19-7-5-15(11-18(19)23)17-12-24-21(28-13-25-26-22(17)28)8-6-14-3-2-4-20-16(14)9-10-31-20/h2-5,7,11-13,27H,6,8-10H2,1H3. The molecule has 2 aromatic carbocycles. The minimum atomic E-state index is -3.58. The van der Waals surface area contributed by atoms with Crippen LogP contribution in [0.15, 0.2) is 48.9 Å². The predicted octanol–water partition coefficient (Wildman–Crippen LogP) is 3.02. The van der Waals surface area contributed by atoms with Crippen molar-refractivity contribution in [2.75, 3.05) is 17.6 Å². The number of rotatable bonds is 6. The first-order chi connectivity index (χ1) is 15.4. The van der Waals surface area contributed by atoms with Crippen LogP contribution in [0.1, 0.15) is 17.0 Å². The molecule has 1 aliphatic heterocycles. The summed E-state index contributed by atoms with van der Waals surface area (Å²) in [7, 11) is -3.58. The fourth-order valence-electron chi connectivity index (χ4n) is 3.99. The van der Waals surface area contributed by atoms with Crippen LogP contribution in [-0.4, -0.2) is 40.9 Å². The third kappa shape index (κ3) is 3.89. The highest BCUT2D eigenvalue weighted by atomic mass is 32.2. The van der Waals surface area contributed by atoms with Crippen LogP contribution < -0.4 is 9.46 Å². The van der Waals surface area contributed by atoms with Crippen molar-refractivity contribution in [3.8, 4) is 16.9 Å². The number of aryl methyl sites for hydroxylation is 2. The molecule has 1 N–H and O–H groups in total. The molecule has 10 heteroatoms. The van der Waals surface area contributed by atoms with Crippen LogP contribution in [0.2, 0.25) is 0 Å². The molecular formula is C22H20FN5O3S. The normalized spacial score (nSPS) is 13.2. The average Bonchev–Trinajstić information content (AvgIpc) is 3.42. The lowest BCUT2D eigenvalue weighted by Crippen LogP contribution is -2.10. The summed E-state index contributed by atoms with van der Waals surface area (Å²) in [6, 6.07) is 10.4. The van der Waals surface area contributed by atoms with Gasteiger partial charge in [0.05, 0.1) is 18.6 Å². The Morgan fingerprint density at radius 3 is 2.91 bits per heavy atom. The first-order valence-electron chi connectivity index (χ1n) is 10.1. The molecule has 0 aliphatic carbocycles. The van der Waals surface area contributed by atoms with E-state index in [1.54, 1.807) is 23.0 Å². The number of hydrogen-bond acceptors (Lipinski definition) is 6. The summed E-state index contributed by atoms with van der Waals surface area (Å²) >= 11 is 0. The molecule has 0 saturated heterocycles. The number of aromatic nitrogens is 4. The van der Waals surface area contributed by atoms with Crippen molar-refractivity contribution >= 4 is 21.4 Å². The Balaban J connectivity index is 1.44. The largest absolute Gasteiger partial charge is 0.493 e. The van der Waals surface area contributed by atoms with E-state index in [1.807, 2.05) is 12.1 Å². The van der Waals surface area contributed by atoms with Gasteiger partial charge in [-0.05, 0) is 35.7 Å². The van der Waals surface area contributed by atoms with Crippen molar-refractivity contribution in [3.63, 3.8) is 0 Å². The van der Waals surface area contributed by atoms with E-state index < -0.39 is 15.8 Å². The van der Waals surface area contributed by atoms with Gasteiger partial charge in [0.15, 0.2) is 5.65 Å². The topological polar surface area (TPSA) is 98.5 Å². The molecule has 0 spiro atoms. The van der Waals surface area contributed by atoms with Crippen molar-refractivity contribution in [3.05, 3.63) is 71.7 Å². The molecule has 0 fully saturated rings. The number of halogens is 1. The van der Waals surface area contributed by atoms with Crippen LogP contribution in [0.3, 0.4) is 0 Å². The first kappa shape index (κ1) is 20.4. The van der Waals surface area contributed by atoms with Crippen molar-refractivity contribution < 1.29 is 17.5 Å². The smallest absolute Gasteiger partial charge is 0.229 e. The molecule has 8 nitrogen and oxygen atoms in total. The minimum Gasteiger partial charge on any atom is -0.493 e. The summed E-state index contributed by atoms with van der Waals surface area (Å²) in [5.74, 6) is 1.06. The molecule has 32 heavy (non-hydrogen) atoms. The van der Waals surface area contributed by atoms with Crippen molar-refractivity contribution in [2.45, 2.75) is 19.3 Å². The Hall–Kier alpha value is -3.53. The van der Waals surface area contributed by atoms with E-state index in [2.05, 4.69) is 26.0 Å². The van der Waals surface area contributed by atoms with Gasteiger partial charge in [0.2, 0.25) is 10.0 Å². The van der Waals surface area contributed by atoms with Crippen LogP contribution in [0, 0.1) is 5.82 Å². The third-order valence-electron chi connectivity index (χ3n) is 5.44. The number of anilines is 1. The zero-order valence-corrected chi connectivity index (χ0v) is 18.1.